The summed E-state index contributed by atoms with van der Waals surface area (Å²) in [5.74, 6) is 0. The standard InChI is InChI=1S/C13H19N3O/c1-10-9-15(7-5-14-10)12-4-6-16(11-2-3-11)13(17)8-12/h4,6,8,10-11,14H,2-3,5,7,9H2,1H3/t10-/m1/s1. The van der Waals surface area contributed by atoms with Crippen LogP contribution < -0.4 is 15.8 Å². The molecule has 3 rings (SSSR count). The maximum Gasteiger partial charge on any atom is 0.252 e. The summed E-state index contributed by atoms with van der Waals surface area (Å²) >= 11 is 0. The Kier molecular flexibility index (Phi) is 2.67. The average Bonchev–Trinajstić information content (AvgIpc) is 3.13. The minimum absolute atomic E-state index is 0.149. The van der Waals surface area contributed by atoms with Crippen molar-refractivity contribution in [3.8, 4) is 0 Å². The lowest BCUT2D eigenvalue weighted by molar-refractivity contribution is 0.484. The van der Waals surface area contributed by atoms with Gasteiger partial charge in [0.05, 0.1) is 0 Å². The molecule has 2 aliphatic rings. The van der Waals surface area contributed by atoms with E-state index in [9.17, 15) is 4.79 Å². The van der Waals surface area contributed by atoms with Crippen molar-refractivity contribution in [3.63, 3.8) is 0 Å². The van der Waals surface area contributed by atoms with Crippen LogP contribution >= 0.6 is 0 Å². The monoisotopic (exact) mass is 233 g/mol. The Labute approximate surface area is 101 Å². The van der Waals surface area contributed by atoms with Crippen molar-refractivity contribution < 1.29 is 0 Å². The van der Waals surface area contributed by atoms with Gasteiger partial charge in [-0.15, -0.1) is 0 Å². The van der Waals surface area contributed by atoms with E-state index in [1.807, 2.05) is 10.8 Å². The molecule has 1 atom stereocenters. The molecule has 2 fully saturated rings. The number of hydrogen-bond donors (Lipinski definition) is 1. The molecule has 2 heterocycles. The van der Waals surface area contributed by atoms with Gasteiger partial charge in [-0.3, -0.25) is 4.79 Å². The predicted molar refractivity (Wildman–Crippen MR) is 68.7 cm³/mol. The zero-order valence-corrected chi connectivity index (χ0v) is 10.2. The minimum atomic E-state index is 0.149. The first-order valence-electron chi connectivity index (χ1n) is 6.44. The van der Waals surface area contributed by atoms with Gasteiger partial charge in [0, 0.05) is 49.7 Å². The Morgan fingerprint density at radius 3 is 2.88 bits per heavy atom. The molecule has 4 nitrogen and oxygen atoms in total. The highest BCUT2D eigenvalue weighted by molar-refractivity contribution is 5.45. The van der Waals surface area contributed by atoms with Gasteiger partial charge in [-0.05, 0) is 25.8 Å². The maximum absolute atomic E-state index is 12.0. The summed E-state index contributed by atoms with van der Waals surface area (Å²) in [6, 6.07) is 4.84. The van der Waals surface area contributed by atoms with E-state index in [1.165, 1.54) is 0 Å². The molecule has 1 aliphatic heterocycles. The van der Waals surface area contributed by atoms with Gasteiger partial charge in [-0.2, -0.15) is 0 Å². The van der Waals surface area contributed by atoms with Crippen molar-refractivity contribution in [2.75, 3.05) is 24.5 Å². The molecule has 0 unspecified atom stereocenters. The minimum Gasteiger partial charge on any atom is -0.369 e. The van der Waals surface area contributed by atoms with Crippen LogP contribution in [0.5, 0.6) is 0 Å². The Hall–Kier alpha value is -1.29. The molecule has 4 heteroatoms. The molecule has 0 spiro atoms. The molecule has 0 amide bonds. The Morgan fingerprint density at radius 2 is 2.24 bits per heavy atom. The lowest BCUT2D eigenvalue weighted by atomic mass is 10.2. The van der Waals surface area contributed by atoms with E-state index >= 15 is 0 Å². The van der Waals surface area contributed by atoms with Crippen molar-refractivity contribution >= 4 is 5.69 Å². The molecule has 1 N–H and O–H groups in total. The van der Waals surface area contributed by atoms with Gasteiger partial charge in [-0.1, -0.05) is 0 Å². The Balaban J connectivity index is 1.83. The number of aromatic nitrogens is 1. The molecule has 0 radical (unpaired) electrons. The highest BCUT2D eigenvalue weighted by Gasteiger charge is 2.24. The van der Waals surface area contributed by atoms with Crippen LogP contribution in [-0.2, 0) is 0 Å². The van der Waals surface area contributed by atoms with Crippen LogP contribution in [-0.4, -0.2) is 30.2 Å². The van der Waals surface area contributed by atoms with Crippen LogP contribution in [0.25, 0.3) is 0 Å². The van der Waals surface area contributed by atoms with Gasteiger partial charge >= 0.3 is 0 Å². The van der Waals surface area contributed by atoms with Crippen molar-refractivity contribution in [3.05, 3.63) is 28.7 Å². The van der Waals surface area contributed by atoms with E-state index in [0.717, 1.165) is 38.2 Å². The normalized spacial score (nSPS) is 25.0. The van der Waals surface area contributed by atoms with E-state index in [-0.39, 0.29) is 5.56 Å². The van der Waals surface area contributed by atoms with Gasteiger partial charge in [-0.25, -0.2) is 0 Å². The number of hydrogen-bond acceptors (Lipinski definition) is 3. The first-order chi connectivity index (χ1) is 8.24. The Bertz CT molecular complexity index is 464. The Morgan fingerprint density at radius 1 is 1.41 bits per heavy atom. The molecule has 0 bridgehead atoms. The van der Waals surface area contributed by atoms with Crippen molar-refractivity contribution in [1.29, 1.82) is 0 Å². The summed E-state index contributed by atoms with van der Waals surface area (Å²) in [5.41, 5.74) is 1.22. The summed E-state index contributed by atoms with van der Waals surface area (Å²) in [6.07, 6.45) is 4.27. The summed E-state index contributed by atoms with van der Waals surface area (Å²) in [7, 11) is 0. The fourth-order valence-electron chi connectivity index (χ4n) is 2.50. The summed E-state index contributed by atoms with van der Waals surface area (Å²) in [4.78, 5) is 14.3. The summed E-state index contributed by atoms with van der Waals surface area (Å²) < 4.78 is 1.87. The zero-order chi connectivity index (χ0) is 11.8. The third kappa shape index (κ3) is 2.22. The van der Waals surface area contributed by atoms with Crippen LogP contribution in [0.3, 0.4) is 0 Å². The van der Waals surface area contributed by atoms with E-state index in [4.69, 9.17) is 0 Å². The number of nitrogens with zero attached hydrogens (tertiary/aromatic N) is 2. The number of rotatable bonds is 2. The molecule has 0 aromatic carbocycles. The zero-order valence-electron chi connectivity index (χ0n) is 10.2. The molecular formula is C13H19N3O. The fraction of sp³-hybridized carbons (Fsp3) is 0.615. The highest BCUT2D eigenvalue weighted by Crippen LogP contribution is 2.33. The molecule has 1 saturated heterocycles. The van der Waals surface area contributed by atoms with Crippen LogP contribution in [0.2, 0.25) is 0 Å². The van der Waals surface area contributed by atoms with Crippen LogP contribution in [0.15, 0.2) is 23.1 Å². The van der Waals surface area contributed by atoms with Gasteiger partial charge in [0.2, 0.25) is 0 Å². The molecule has 92 valence electrons. The topological polar surface area (TPSA) is 37.3 Å². The first-order valence-corrected chi connectivity index (χ1v) is 6.44. The fourth-order valence-corrected chi connectivity index (χ4v) is 2.50. The predicted octanol–water partition coefficient (Wildman–Crippen LogP) is 0.981. The van der Waals surface area contributed by atoms with Crippen molar-refractivity contribution in [1.82, 2.24) is 9.88 Å². The number of pyridine rings is 1. The highest BCUT2D eigenvalue weighted by atomic mass is 16.1. The van der Waals surface area contributed by atoms with E-state index in [1.54, 1.807) is 6.07 Å². The molecular weight excluding hydrogens is 214 g/mol. The second kappa shape index (κ2) is 4.18. The second-order valence-corrected chi connectivity index (χ2v) is 5.16. The molecule has 1 aliphatic carbocycles. The smallest absolute Gasteiger partial charge is 0.252 e. The second-order valence-electron chi connectivity index (χ2n) is 5.16. The van der Waals surface area contributed by atoms with Crippen LogP contribution in [0, 0.1) is 0 Å². The number of nitrogens with one attached hydrogen (secondary N) is 1. The average molecular weight is 233 g/mol. The van der Waals surface area contributed by atoms with Crippen molar-refractivity contribution in [2.45, 2.75) is 31.8 Å². The molecule has 1 saturated carbocycles. The largest absolute Gasteiger partial charge is 0.369 e. The van der Waals surface area contributed by atoms with Crippen LogP contribution in [0.1, 0.15) is 25.8 Å². The van der Waals surface area contributed by atoms with Gasteiger partial charge in [0.1, 0.15) is 0 Å². The van der Waals surface area contributed by atoms with Crippen molar-refractivity contribution in [2.24, 2.45) is 0 Å². The van der Waals surface area contributed by atoms with Gasteiger partial charge < -0.3 is 14.8 Å². The number of anilines is 1. The van der Waals surface area contributed by atoms with Gasteiger partial charge in [0.15, 0.2) is 0 Å². The SMILES string of the molecule is C[C@@H]1CN(c2ccn(C3CC3)c(=O)c2)CCN1. The lowest BCUT2D eigenvalue weighted by Crippen LogP contribution is -2.49. The molecule has 1 aromatic rings. The molecule has 1 aromatic heterocycles. The van der Waals surface area contributed by atoms with E-state index in [2.05, 4.69) is 23.2 Å². The van der Waals surface area contributed by atoms with Crippen LogP contribution in [0.4, 0.5) is 5.69 Å². The van der Waals surface area contributed by atoms with E-state index < -0.39 is 0 Å². The first kappa shape index (κ1) is 10.8. The summed E-state index contributed by atoms with van der Waals surface area (Å²) in [5, 5.41) is 3.41. The van der Waals surface area contributed by atoms with Gasteiger partial charge in [0.25, 0.3) is 5.56 Å². The number of piperazine rings is 1. The maximum atomic E-state index is 12.0. The lowest BCUT2D eigenvalue weighted by Gasteiger charge is -2.33. The third-order valence-electron chi connectivity index (χ3n) is 3.61. The van der Waals surface area contributed by atoms with E-state index in [0.29, 0.717) is 12.1 Å². The third-order valence-corrected chi connectivity index (χ3v) is 3.61. The molecule has 17 heavy (non-hydrogen) atoms. The quantitative estimate of drug-likeness (QED) is 0.827. The summed E-state index contributed by atoms with van der Waals surface area (Å²) in [6.45, 7) is 5.13.